The number of ether oxygens (including phenoxy) is 2. The number of nitrogens with one attached hydrogen (secondary N) is 1. The molecule has 26 heavy (non-hydrogen) atoms. The average Bonchev–Trinajstić information content (AvgIpc) is 3.05. The summed E-state index contributed by atoms with van der Waals surface area (Å²) in [6, 6.07) is -0.425. The van der Waals surface area contributed by atoms with Crippen molar-refractivity contribution in [3.8, 4) is 0 Å². The van der Waals surface area contributed by atoms with E-state index in [-0.39, 0.29) is 13.0 Å². The van der Waals surface area contributed by atoms with Gasteiger partial charge in [-0.25, -0.2) is 4.79 Å². The molecule has 0 aromatic carbocycles. The quantitative estimate of drug-likeness (QED) is 0.175. The van der Waals surface area contributed by atoms with Crippen LogP contribution in [0.5, 0.6) is 0 Å². The van der Waals surface area contributed by atoms with Gasteiger partial charge in [0, 0.05) is 12.8 Å². The van der Waals surface area contributed by atoms with E-state index < -0.39 is 60.6 Å². The summed E-state index contributed by atoms with van der Waals surface area (Å²) in [7, 11) is 0. The number of aliphatic hydroxyl groups is 4. The van der Waals surface area contributed by atoms with E-state index in [0.29, 0.717) is 13.0 Å². The van der Waals surface area contributed by atoms with Crippen LogP contribution in [0.2, 0.25) is 0 Å². The van der Waals surface area contributed by atoms with Crippen molar-refractivity contribution in [1.82, 2.24) is 5.32 Å². The van der Waals surface area contributed by atoms with Crippen LogP contribution in [0.25, 0.3) is 0 Å². The Morgan fingerprint density at radius 2 is 2.08 bits per heavy atom. The number of hydrogen-bond acceptors (Lipinski definition) is 10. The number of esters is 1. The minimum atomic E-state index is -2.67. The van der Waals surface area contributed by atoms with Crippen LogP contribution in [0.1, 0.15) is 25.7 Å². The molecule has 2 aliphatic heterocycles. The van der Waals surface area contributed by atoms with Gasteiger partial charge in [-0.2, -0.15) is 0 Å². The molecule has 11 heteroatoms. The van der Waals surface area contributed by atoms with E-state index in [4.69, 9.17) is 20.3 Å². The lowest BCUT2D eigenvalue weighted by atomic mass is 9.83. The molecule has 2 fully saturated rings. The van der Waals surface area contributed by atoms with Gasteiger partial charge in [-0.15, -0.1) is 0 Å². The molecule has 2 heterocycles. The van der Waals surface area contributed by atoms with Gasteiger partial charge < -0.3 is 46.1 Å². The molecule has 2 rings (SSSR count). The number of carboxylic acids is 1. The zero-order chi connectivity index (χ0) is 19.5. The maximum absolute atomic E-state index is 11.8. The number of carboxylic acid groups (broad SMARTS) is 1. The fourth-order valence-electron chi connectivity index (χ4n) is 3.34. The van der Waals surface area contributed by atoms with Gasteiger partial charge in [0.15, 0.2) is 0 Å². The molecule has 0 amide bonds. The SMILES string of the molecule is N[C@@H](O)C1C(O)CC(O)(C(=O)O)OC1C[C@H](O)COC(=O)[C@@H]1CCCN1. The molecule has 0 bridgehead atoms. The maximum Gasteiger partial charge on any atom is 0.364 e. The number of aliphatic hydroxyl groups excluding tert-OH is 3. The molecule has 2 aliphatic rings. The molecular weight excluding hydrogens is 352 g/mol. The second-order valence-corrected chi connectivity index (χ2v) is 6.75. The smallest absolute Gasteiger partial charge is 0.364 e. The van der Waals surface area contributed by atoms with E-state index in [9.17, 15) is 30.0 Å². The number of rotatable bonds is 7. The Labute approximate surface area is 149 Å². The third-order valence-corrected chi connectivity index (χ3v) is 4.70. The summed E-state index contributed by atoms with van der Waals surface area (Å²) >= 11 is 0. The van der Waals surface area contributed by atoms with Crippen LogP contribution in [0.15, 0.2) is 0 Å². The highest BCUT2D eigenvalue weighted by Gasteiger charge is 2.52. The van der Waals surface area contributed by atoms with Gasteiger partial charge in [0.2, 0.25) is 0 Å². The lowest BCUT2D eigenvalue weighted by molar-refractivity contribution is -0.296. The van der Waals surface area contributed by atoms with Crippen molar-refractivity contribution in [3.05, 3.63) is 0 Å². The van der Waals surface area contributed by atoms with Crippen molar-refractivity contribution >= 4 is 11.9 Å². The van der Waals surface area contributed by atoms with E-state index in [2.05, 4.69) is 5.32 Å². The molecule has 4 unspecified atom stereocenters. The zero-order valence-electron chi connectivity index (χ0n) is 14.2. The predicted molar refractivity (Wildman–Crippen MR) is 84.4 cm³/mol. The molecule has 8 N–H and O–H groups in total. The van der Waals surface area contributed by atoms with E-state index >= 15 is 0 Å². The van der Waals surface area contributed by atoms with Crippen LogP contribution >= 0.6 is 0 Å². The van der Waals surface area contributed by atoms with Crippen molar-refractivity contribution in [2.24, 2.45) is 11.7 Å². The Bertz CT molecular complexity index is 511. The first-order valence-corrected chi connectivity index (χ1v) is 8.47. The van der Waals surface area contributed by atoms with E-state index in [0.717, 1.165) is 6.42 Å². The number of carbonyl (C=O) groups excluding carboxylic acids is 1. The molecule has 0 aliphatic carbocycles. The van der Waals surface area contributed by atoms with Gasteiger partial charge in [-0.05, 0) is 19.4 Å². The third kappa shape index (κ3) is 4.88. The van der Waals surface area contributed by atoms with Gasteiger partial charge >= 0.3 is 11.9 Å². The van der Waals surface area contributed by atoms with Gasteiger partial charge in [0.05, 0.1) is 24.2 Å². The Hall–Kier alpha value is -1.34. The summed E-state index contributed by atoms with van der Waals surface area (Å²) in [4.78, 5) is 23.0. The molecule has 7 atom stereocenters. The maximum atomic E-state index is 11.8. The predicted octanol–water partition coefficient (Wildman–Crippen LogP) is -3.15. The summed E-state index contributed by atoms with van der Waals surface area (Å²) in [5.41, 5.74) is 5.40. The highest BCUT2D eigenvalue weighted by Crippen LogP contribution is 2.35. The second kappa shape index (κ2) is 8.57. The molecule has 0 saturated carbocycles. The van der Waals surface area contributed by atoms with Crippen LogP contribution in [0, 0.1) is 5.92 Å². The summed E-state index contributed by atoms with van der Waals surface area (Å²) in [5.74, 6) is -6.01. The number of nitrogens with two attached hydrogens (primary N) is 1. The first-order chi connectivity index (χ1) is 12.1. The fraction of sp³-hybridized carbons (Fsp3) is 0.867. The minimum Gasteiger partial charge on any atom is -0.477 e. The number of carbonyl (C=O) groups is 2. The molecule has 0 aromatic rings. The standard InChI is InChI=1S/C15H26N2O9/c16-12(20)11-9(19)5-15(24,14(22)23)26-10(11)4-7(18)6-25-13(21)8-2-1-3-17-8/h7-12,17-20,24H,1-6,16H2,(H,22,23)/t7-,8-,9?,10?,11?,12-,15?/m0/s1. The Kier molecular flexibility index (Phi) is 6.91. The van der Waals surface area contributed by atoms with Crippen molar-refractivity contribution in [3.63, 3.8) is 0 Å². The molecule has 11 nitrogen and oxygen atoms in total. The first-order valence-electron chi connectivity index (χ1n) is 8.47. The molecule has 2 saturated heterocycles. The average molecular weight is 378 g/mol. The largest absolute Gasteiger partial charge is 0.477 e. The third-order valence-electron chi connectivity index (χ3n) is 4.70. The number of hydrogen-bond donors (Lipinski definition) is 7. The van der Waals surface area contributed by atoms with Crippen molar-refractivity contribution in [2.45, 2.75) is 62.1 Å². The van der Waals surface area contributed by atoms with Crippen LogP contribution in [0.3, 0.4) is 0 Å². The second-order valence-electron chi connectivity index (χ2n) is 6.75. The van der Waals surface area contributed by atoms with Crippen LogP contribution < -0.4 is 11.1 Å². The summed E-state index contributed by atoms with van der Waals surface area (Å²) in [6.07, 6.45) is -5.07. The summed E-state index contributed by atoms with van der Waals surface area (Å²) in [5, 5.41) is 51.8. The van der Waals surface area contributed by atoms with E-state index in [1.165, 1.54) is 0 Å². The van der Waals surface area contributed by atoms with Gasteiger partial charge in [-0.3, -0.25) is 4.79 Å². The van der Waals surface area contributed by atoms with Crippen molar-refractivity contribution in [1.29, 1.82) is 0 Å². The highest BCUT2D eigenvalue weighted by atomic mass is 16.7. The van der Waals surface area contributed by atoms with Crippen molar-refractivity contribution in [2.75, 3.05) is 13.2 Å². The monoisotopic (exact) mass is 378 g/mol. The summed E-state index contributed by atoms with van der Waals surface area (Å²) < 4.78 is 10.1. The summed E-state index contributed by atoms with van der Waals surface area (Å²) in [6.45, 7) is 0.325. The Morgan fingerprint density at radius 1 is 1.38 bits per heavy atom. The minimum absolute atomic E-state index is 0.309. The Balaban J connectivity index is 1.96. The topological polar surface area (TPSA) is 192 Å². The first kappa shape index (κ1) is 21.0. The number of aliphatic carboxylic acids is 1. The van der Waals surface area contributed by atoms with Gasteiger partial charge in [0.25, 0.3) is 5.79 Å². The lowest BCUT2D eigenvalue weighted by Crippen LogP contribution is -2.60. The molecular formula is C15H26N2O9. The molecule has 150 valence electrons. The highest BCUT2D eigenvalue weighted by molar-refractivity contribution is 5.76. The van der Waals surface area contributed by atoms with E-state index in [1.807, 2.05) is 0 Å². The van der Waals surface area contributed by atoms with Crippen molar-refractivity contribution < 1.29 is 44.6 Å². The van der Waals surface area contributed by atoms with E-state index in [1.54, 1.807) is 0 Å². The normalized spacial score (nSPS) is 37.1. The van der Waals surface area contributed by atoms with Crippen LogP contribution in [-0.2, 0) is 19.1 Å². The molecule has 0 spiro atoms. The zero-order valence-corrected chi connectivity index (χ0v) is 14.2. The lowest BCUT2D eigenvalue weighted by Gasteiger charge is -2.43. The molecule has 0 aromatic heterocycles. The van der Waals surface area contributed by atoms with Crippen LogP contribution in [-0.4, -0.2) is 87.0 Å². The fourth-order valence-corrected chi connectivity index (χ4v) is 3.34. The molecule has 0 radical (unpaired) electrons. The van der Waals surface area contributed by atoms with Gasteiger partial charge in [0.1, 0.15) is 18.9 Å². The Morgan fingerprint density at radius 3 is 2.62 bits per heavy atom. The van der Waals surface area contributed by atoms with Crippen LogP contribution in [0.4, 0.5) is 0 Å². The van der Waals surface area contributed by atoms with Gasteiger partial charge in [-0.1, -0.05) is 0 Å².